The number of carbonyl (C=O) groups is 1. The molecule has 0 N–H and O–H groups in total. The summed E-state index contributed by atoms with van der Waals surface area (Å²) in [6.45, 7) is 13.9. The number of nitrogens with zero attached hydrogens (tertiary/aromatic N) is 2. The van der Waals surface area contributed by atoms with Crippen LogP contribution in [0.4, 0.5) is 4.79 Å². The number of urea groups is 1. The molecule has 5 heteroatoms. The van der Waals surface area contributed by atoms with Gasteiger partial charge in [-0.1, -0.05) is 57.0 Å². The number of carbonyl (C=O) groups excluding carboxylic acids is 1. The molecule has 1 fully saturated rings. The fourth-order valence-electron chi connectivity index (χ4n) is 2.80. The summed E-state index contributed by atoms with van der Waals surface area (Å²) in [4.78, 5) is 16.0. The molecule has 1 heterocycles. The van der Waals surface area contributed by atoms with Crippen LogP contribution in [0.1, 0.15) is 45.7 Å². The van der Waals surface area contributed by atoms with E-state index in [1.54, 1.807) is 9.80 Å². The van der Waals surface area contributed by atoms with Gasteiger partial charge in [-0.05, 0) is 30.6 Å². The lowest BCUT2D eigenvalue weighted by Gasteiger charge is -2.35. The summed E-state index contributed by atoms with van der Waals surface area (Å²) >= 11 is 0. The van der Waals surface area contributed by atoms with Crippen molar-refractivity contribution in [2.45, 2.75) is 64.3 Å². The van der Waals surface area contributed by atoms with Gasteiger partial charge >= 0.3 is 6.03 Å². The number of rotatable bonds is 4. The van der Waals surface area contributed by atoms with Gasteiger partial charge in [0.25, 0.3) is 0 Å². The van der Waals surface area contributed by atoms with E-state index in [0.29, 0.717) is 13.0 Å². The Bertz CT molecular complexity index is 685. The van der Waals surface area contributed by atoms with E-state index >= 15 is 0 Å². The molecule has 0 aromatic heterocycles. The van der Waals surface area contributed by atoms with E-state index in [1.807, 2.05) is 25.2 Å². The molecule has 0 aliphatic carbocycles. The summed E-state index contributed by atoms with van der Waals surface area (Å²) < 4.78 is 6.16. The minimum Gasteiger partial charge on any atom is -0.416 e. The van der Waals surface area contributed by atoms with Gasteiger partial charge < -0.3 is 9.33 Å². The molecule has 0 saturated carbocycles. The summed E-state index contributed by atoms with van der Waals surface area (Å²) in [6.07, 6.45) is 0.635. The summed E-state index contributed by atoms with van der Waals surface area (Å²) in [5, 5.41) is 0.196. The third-order valence-corrected chi connectivity index (χ3v) is 10.2. The summed E-state index contributed by atoms with van der Waals surface area (Å²) in [7, 11) is 0.0939. The normalized spacial score (nSPS) is 21.0. The van der Waals surface area contributed by atoms with Gasteiger partial charge in [0.2, 0.25) is 0 Å². The number of hydrogen-bond acceptors (Lipinski definition) is 2. The first-order valence-corrected chi connectivity index (χ1v) is 12.2. The average molecular weight is 373 g/mol. The van der Waals surface area contributed by atoms with E-state index in [9.17, 15) is 4.79 Å². The van der Waals surface area contributed by atoms with Crippen molar-refractivity contribution in [2.24, 2.45) is 0 Å². The van der Waals surface area contributed by atoms with Crippen LogP contribution in [0.3, 0.4) is 0 Å². The first-order chi connectivity index (χ1) is 12.1. The summed E-state index contributed by atoms with van der Waals surface area (Å²) in [5.74, 6) is 3.15. The summed E-state index contributed by atoms with van der Waals surface area (Å²) in [5.41, 5.74) is 1.12. The molecule has 142 valence electrons. The Morgan fingerprint density at radius 2 is 1.81 bits per heavy atom. The van der Waals surface area contributed by atoms with E-state index in [2.05, 4.69) is 64.9 Å². The van der Waals surface area contributed by atoms with Gasteiger partial charge in [-0.2, -0.15) is 0 Å². The first-order valence-electron chi connectivity index (χ1n) is 9.29. The van der Waals surface area contributed by atoms with Crippen LogP contribution in [-0.2, 0) is 4.43 Å². The van der Waals surface area contributed by atoms with Gasteiger partial charge in [0.1, 0.15) is 0 Å². The Morgan fingerprint density at radius 1 is 1.19 bits per heavy atom. The van der Waals surface area contributed by atoms with Crippen molar-refractivity contribution in [1.29, 1.82) is 0 Å². The SMILES string of the molecule is C[C@H]1[C@@H](c2ccccc2)N(C#CCCO[Si](C)(C)C(C)(C)C)C(=O)N1C. The Kier molecular flexibility index (Phi) is 6.20. The van der Waals surface area contributed by atoms with E-state index in [4.69, 9.17) is 4.43 Å². The molecular formula is C21H32N2O2Si. The standard InChI is InChI=1S/C21H32N2O2Si/c1-17-19(18-13-9-8-10-14-18)23(20(24)22(17)5)15-11-12-16-25-26(6,7)21(2,3)4/h8-10,13-14,17,19H,12,16H2,1-7H3/t17-,19-/m0/s1. The molecule has 2 amide bonds. The van der Waals surface area contributed by atoms with E-state index in [-0.39, 0.29) is 23.2 Å². The molecule has 0 radical (unpaired) electrons. The van der Waals surface area contributed by atoms with Crippen molar-refractivity contribution in [3.63, 3.8) is 0 Å². The number of likely N-dealkylation sites (N-methyl/N-ethyl adjacent to an activating group) is 1. The number of benzene rings is 1. The molecule has 2 rings (SSSR count). The molecule has 0 spiro atoms. The lowest BCUT2D eigenvalue weighted by Crippen LogP contribution is -2.40. The van der Waals surface area contributed by atoms with Gasteiger partial charge in [0.05, 0.1) is 12.1 Å². The molecular weight excluding hydrogens is 340 g/mol. The predicted molar refractivity (Wildman–Crippen MR) is 109 cm³/mol. The third-order valence-electron chi connectivity index (χ3n) is 5.69. The Balaban J connectivity index is 2.06. The molecule has 1 aliphatic heterocycles. The second kappa shape index (κ2) is 7.85. The van der Waals surface area contributed by atoms with Crippen LogP contribution in [0.15, 0.2) is 30.3 Å². The van der Waals surface area contributed by atoms with E-state index in [0.717, 1.165) is 5.56 Å². The van der Waals surface area contributed by atoms with Crippen LogP contribution < -0.4 is 0 Å². The monoisotopic (exact) mass is 372 g/mol. The molecule has 0 bridgehead atoms. The quantitative estimate of drug-likeness (QED) is 0.430. The van der Waals surface area contributed by atoms with Crippen molar-refractivity contribution < 1.29 is 9.22 Å². The van der Waals surface area contributed by atoms with E-state index in [1.165, 1.54) is 0 Å². The van der Waals surface area contributed by atoms with Crippen LogP contribution in [0.2, 0.25) is 18.1 Å². The maximum absolute atomic E-state index is 12.6. The zero-order valence-electron chi connectivity index (χ0n) is 17.2. The second-order valence-corrected chi connectivity index (χ2v) is 13.3. The smallest absolute Gasteiger partial charge is 0.332 e. The molecule has 2 atom stereocenters. The highest BCUT2D eigenvalue weighted by atomic mass is 28.4. The van der Waals surface area contributed by atoms with Crippen LogP contribution in [0, 0.1) is 12.0 Å². The minimum absolute atomic E-state index is 0.0378. The highest BCUT2D eigenvalue weighted by Crippen LogP contribution is 2.36. The third kappa shape index (κ3) is 4.31. The van der Waals surface area contributed by atoms with Crippen molar-refractivity contribution in [2.75, 3.05) is 13.7 Å². The fourth-order valence-corrected chi connectivity index (χ4v) is 3.85. The van der Waals surface area contributed by atoms with Gasteiger partial charge in [0, 0.05) is 26.1 Å². The Labute approximate surface area is 159 Å². The molecule has 1 saturated heterocycles. The summed E-state index contributed by atoms with van der Waals surface area (Å²) in [6, 6.07) is 13.2. The van der Waals surface area contributed by atoms with Gasteiger partial charge in [-0.15, -0.1) is 0 Å². The van der Waals surface area contributed by atoms with E-state index < -0.39 is 8.32 Å². The minimum atomic E-state index is -1.74. The topological polar surface area (TPSA) is 32.8 Å². The fraction of sp³-hybridized carbons (Fsp3) is 0.571. The maximum atomic E-state index is 12.6. The van der Waals surface area contributed by atoms with Crippen LogP contribution in [-0.4, -0.2) is 43.8 Å². The zero-order valence-corrected chi connectivity index (χ0v) is 18.2. The lowest BCUT2D eigenvalue weighted by molar-refractivity contribution is 0.206. The maximum Gasteiger partial charge on any atom is 0.332 e. The first kappa shape index (κ1) is 20.5. The van der Waals surface area contributed by atoms with Crippen LogP contribution in [0.25, 0.3) is 0 Å². The van der Waals surface area contributed by atoms with Crippen molar-refractivity contribution in [1.82, 2.24) is 9.80 Å². The average Bonchev–Trinajstić information content (AvgIpc) is 2.78. The van der Waals surface area contributed by atoms with Crippen molar-refractivity contribution >= 4 is 14.3 Å². The predicted octanol–water partition coefficient (Wildman–Crippen LogP) is 4.86. The molecule has 1 aromatic carbocycles. The highest BCUT2D eigenvalue weighted by molar-refractivity contribution is 6.74. The van der Waals surface area contributed by atoms with Crippen molar-refractivity contribution in [3.8, 4) is 12.0 Å². The van der Waals surface area contributed by atoms with Crippen LogP contribution in [0.5, 0.6) is 0 Å². The van der Waals surface area contributed by atoms with Gasteiger partial charge in [-0.25, -0.2) is 9.69 Å². The van der Waals surface area contributed by atoms with Crippen LogP contribution >= 0.6 is 0 Å². The second-order valence-electron chi connectivity index (χ2n) is 8.51. The number of hydrogen-bond donors (Lipinski definition) is 0. The Morgan fingerprint density at radius 3 is 2.38 bits per heavy atom. The largest absolute Gasteiger partial charge is 0.416 e. The molecule has 4 nitrogen and oxygen atoms in total. The number of amides is 2. The Hall–Kier alpha value is -1.77. The zero-order chi connectivity index (χ0) is 19.5. The van der Waals surface area contributed by atoms with Gasteiger partial charge in [0.15, 0.2) is 8.32 Å². The molecule has 1 aliphatic rings. The molecule has 1 aromatic rings. The highest BCUT2D eigenvalue weighted by Gasteiger charge is 2.41. The molecule has 0 unspecified atom stereocenters. The lowest BCUT2D eigenvalue weighted by atomic mass is 10.0. The molecule has 26 heavy (non-hydrogen) atoms. The van der Waals surface area contributed by atoms with Crippen molar-refractivity contribution in [3.05, 3.63) is 35.9 Å². The van der Waals surface area contributed by atoms with Gasteiger partial charge in [-0.3, -0.25) is 0 Å².